The van der Waals surface area contributed by atoms with Crippen molar-refractivity contribution in [1.29, 1.82) is 0 Å². The van der Waals surface area contributed by atoms with E-state index in [1.165, 1.54) is 0 Å². The Morgan fingerprint density at radius 2 is 2.16 bits per heavy atom. The number of rotatable bonds is 3. The minimum absolute atomic E-state index is 0.131. The monoisotopic (exact) mass is 358 g/mol. The molecule has 6 nitrogen and oxygen atoms in total. The second-order valence-corrected chi connectivity index (χ2v) is 7.56. The average Bonchev–Trinajstić information content (AvgIpc) is 3.06. The number of hydrogen-bond acceptors (Lipinski definition) is 6. The Morgan fingerprint density at radius 1 is 1.32 bits per heavy atom. The van der Waals surface area contributed by atoms with Crippen LogP contribution in [0.4, 0.5) is 0 Å². The Balaban J connectivity index is 1.36. The van der Waals surface area contributed by atoms with Crippen molar-refractivity contribution >= 4 is 22.8 Å². The highest BCUT2D eigenvalue weighted by molar-refractivity contribution is 8.16. The molecular weight excluding hydrogens is 336 g/mol. The number of amides is 1. The lowest BCUT2D eigenvalue weighted by atomic mass is 9.85. The van der Waals surface area contributed by atoms with E-state index in [1.54, 1.807) is 24.2 Å². The summed E-state index contributed by atoms with van der Waals surface area (Å²) in [6.07, 6.45) is 5.98. The molecule has 0 bridgehead atoms. The first kappa shape index (κ1) is 16.6. The summed E-state index contributed by atoms with van der Waals surface area (Å²) < 4.78 is 0. The molecule has 4 rings (SSSR count). The zero-order valence-electron chi connectivity index (χ0n) is 14.1. The number of fused-ring (bicyclic) bond motifs is 1. The molecule has 25 heavy (non-hydrogen) atoms. The molecule has 1 aromatic heterocycles. The van der Waals surface area contributed by atoms with Gasteiger partial charge in [-0.1, -0.05) is 17.8 Å². The van der Waals surface area contributed by atoms with Gasteiger partial charge in [-0.05, 0) is 30.7 Å². The van der Waals surface area contributed by atoms with Crippen molar-refractivity contribution in [2.45, 2.75) is 31.3 Å². The topological polar surface area (TPSA) is 69.0 Å². The Kier molecular flexibility index (Phi) is 4.52. The van der Waals surface area contributed by atoms with Gasteiger partial charge < -0.3 is 14.9 Å². The molecule has 0 saturated carbocycles. The fourth-order valence-corrected chi connectivity index (χ4v) is 4.55. The number of pyridine rings is 1. The Hall–Kier alpha value is -1.86. The largest absolute Gasteiger partial charge is 0.385 e. The van der Waals surface area contributed by atoms with Gasteiger partial charge in [0.1, 0.15) is 0 Å². The summed E-state index contributed by atoms with van der Waals surface area (Å²) in [5.41, 5.74) is 1.02. The highest BCUT2D eigenvalue weighted by Crippen LogP contribution is 2.34. The van der Waals surface area contributed by atoms with Gasteiger partial charge in [-0.2, -0.15) is 0 Å². The van der Waals surface area contributed by atoms with Crippen LogP contribution in [0.2, 0.25) is 0 Å². The summed E-state index contributed by atoms with van der Waals surface area (Å²) in [6, 6.07) is 3.75. The first-order valence-electron chi connectivity index (χ1n) is 8.74. The highest BCUT2D eigenvalue weighted by atomic mass is 32.2. The third-order valence-corrected chi connectivity index (χ3v) is 6.09. The first-order valence-corrected chi connectivity index (χ1v) is 9.62. The highest BCUT2D eigenvalue weighted by Gasteiger charge is 2.36. The lowest BCUT2D eigenvalue weighted by Crippen LogP contribution is -2.45. The number of carbonyl (C=O) groups excluding carboxylic acids is 1. The van der Waals surface area contributed by atoms with Crippen molar-refractivity contribution in [3.63, 3.8) is 0 Å². The molecule has 3 aliphatic heterocycles. The number of nitrogens with zero attached hydrogens (tertiary/aromatic N) is 4. The molecule has 1 saturated heterocycles. The van der Waals surface area contributed by atoms with Crippen LogP contribution < -0.4 is 0 Å². The summed E-state index contributed by atoms with van der Waals surface area (Å²) in [7, 11) is 0. The maximum absolute atomic E-state index is 12.7. The summed E-state index contributed by atoms with van der Waals surface area (Å²) in [6.45, 7) is 2.98. The molecule has 0 radical (unpaired) electrons. The number of piperidine rings is 1. The van der Waals surface area contributed by atoms with Gasteiger partial charge in [0.25, 0.3) is 0 Å². The van der Waals surface area contributed by atoms with Gasteiger partial charge in [0.05, 0.1) is 12.0 Å². The van der Waals surface area contributed by atoms with Crippen LogP contribution in [0.25, 0.3) is 0 Å². The molecule has 1 amide bonds. The molecular formula is C18H22N4O2S. The van der Waals surface area contributed by atoms with Gasteiger partial charge in [-0.3, -0.25) is 14.8 Å². The standard InChI is InChI=1S/C18H22N4O2S/c23-16(11-15-13-25-17-20-7-2-8-22(15)17)21-9-4-18(24,5-10-21)14-3-1-6-19-12-14/h1,3,6,12-13,24H,2,4-5,7-11H2. The number of aromatic nitrogens is 1. The van der Waals surface area contributed by atoms with Gasteiger partial charge in [0.2, 0.25) is 5.91 Å². The smallest absolute Gasteiger partial charge is 0.228 e. The van der Waals surface area contributed by atoms with Crippen molar-refractivity contribution in [1.82, 2.24) is 14.8 Å². The molecule has 1 fully saturated rings. The Bertz CT molecular complexity index is 711. The van der Waals surface area contributed by atoms with Crippen LogP contribution in [0.15, 0.2) is 40.6 Å². The van der Waals surface area contributed by atoms with E-state index in [0.29, 0.717) is 32.4 Å². The Morgan fingerprint density at radius 3 is 2.92 bits per heavy atom. The maximum Gasteiger partial charge on any atom is 0.228 e. The summed E-state index contributed by atoms with van der Waals surface area (Å²) in [5, 5.41) is 13.9. The quantitative estimate of drug-likeness (QED) is 0.894. The molecule has 0 spiro atoms. The van der Waals surface area contributed by atoms with E-state index in [1.807, 2.05) is 17.0 Å². The molecule has 0 unspecified atom stereocenters. The van der Waals surface area contributed by atoms with Crippen molar-refractivity contribution in [3.8, 4) is 0 Å². The molecule has 3 aliphatic rings. The van der Waals surface area contributed by atoms with E-state index >= 15 is 0 Å². The van der Waals surface area contributed by atoms with Crippen LogP contribution in [-0.2, 0) is 10.4 Å². The lowest BCUT2D eigenvalue weighted by molar-refractivity contribution is -0.135. The molecule has 132 valence electrons. The van der Waals surface area contributed by atoms with Crippen LogP contribution >= 0.6 is 11.8 Å². The fraction of sp³-hybridized carbons (Fsp3) is 0.500. The van der Waals surface area contributed by atoms with Crippen molar-refractivity contribution < 1.29 is 9.90 Å². The second-order valence-electron chi connectivity index (χ2n) is 6.73. The normalized spacial score (nSPS) is 22.3. The van der Waals surface area contributed by atoms with Crippen LogP contribution in [0, 0.1) is 0 Å². The zero-order valence-corrected chi connectivity index (χ0v) is 14.9. The molecule has 1 aromatic rings. The number of thioether (sulfide) groups is 1. The molecule has 0 aliphatic carbocycles. The predicted octanol–water partition coefficient (Wildman–Crippen LogP) is 1.93. The van der Waals surface area contributed by atoms with E-state index in [-0.39, 0.29) is 5.91 Å². The summed E-state index contributed by atoms with van der Waals surface area (Å²) in [4.78, 5) is 25.3. The van der Waals surface area contributed by atoms with Crippen LogP contribution in [0.1, 0.15) is 31.2 Å². The number of aliphatic hydroxyl groups is 1. The minimum atomic E-state index is -0.875. The number of likely N-dealkylation sites (tertiary alicyclic amines) is 1. The number of amidine groups is 1. The van der Waals surface area contributed by atoms with Crippen molar-refractivity contribution in [3.05, 3.63) is 41.2 Å². The molecule has 1 N–H and O–H groups in total. The van der Waals surface area contributed by atoms with Crippen LogP contribution in [0.3, 0.4) is 0 Å². The number of hydrogen-bond donors (Lipinski definition) is 1. The summed E-state index contributed by atoms with van der Waals surface area (Å²) >= 11 is 1.62. The van der Waals surface area contributed by atoms with E-state index in [2.05, 4.69) is 20.3 Å². The minimum Gasteiger partial charge on any atom is -0.385 e. The molecule has 0 aromatic carbocycles. The fourth-order valence-electron chi connectivity index (χ4n) is 3.59. The van der Waals surface area contributed by atoms with Crippen LogP contribution in [0.5, 0.6) is 0 Å². The third-order valence-electron chi connectivity index (χ3n) is 5.14. The Labute approximate surface area is 151 Å². The van der Waals surface area contributed by atoms with Gasteiger partial charge >= 0.3 is 0 Å². The average molecular weight is 358 g/mol. The SMILES string of the molecule is O=C(CC1=CSC2=NCCCN12)N1CCC(O)(c2cccnc2)CC1. The molecule has 4 heterocycles. The van der Waals surface area contributed by atoms with Crippen molar-refractivity contribution in [2.24, 2.45) is 4.99 Å². The number of aliphatic imine (C=N–C) groups is 1. The maximum atomic E-state index is 12.7. The first-order chi connectivity index (χ1) is 12.2. The van der Waals surface area contributed by atoms with E-state index in [4.69, 9.17) is 0 Å². The van der Waals surface area contributed by atoms with Gasteiger partial charge in [0, 0.05) is 49.8 Å². The molecule has 0 atom stereocenters. The van der Waals surface area contributed by atoms with Gasteiger partial charge in [0.15, 0.2) is 5.17 Å². The zero-order chi connectivity index (χ0) is 17.3. The predicted molar refractivity (Wildman–Crippen MR) is 97.9 cm³/mol. The molecule has 7 heteroatoms. The lowest BCUT2D eigenvalue weighted by Gasteiger charge is -2.38. The van der Waals surface area contributed by atoms with Crippen molar-refractivity contribution in [2.75, 3.05) is 26.2 Å². The van der Waals surface area contributed by atoms with E-state index in [9.17, 15) is 9.90 Å². The number of carbonyl (C=O) groups is 1. The third kappa shape index (κ3) is 3.30. The second kappa shape index (κ2) is 6.80. The van der Waals surface area contributed by atoms with Gasteiger partial charge in [-0.15, -0.1) is 0 Å². The summed E-state index contributed by atoms with van der Waals surface area (Å²) in [5.74, 6) is 0.131. The van der Waals surface area contributed by atoms with Crippen LogP contribution in [-0.4, -0.2) is 57.1 Å². The van der Waals surface area contributed by atoms with E-state index in [0.717, 1.165) is 35.9 Å². The van der Waals surface area contributed by atoms with Gasteiger partial charge in [-0.25, -0.2) is 0 Å². The van der Waals surface area contributed by atoms with E-state index < -0.39 is 5.60 Å².